The van der Waals surface area contributed by atoms with Gasteiger partial charge in [-0.15, -0.1) is 10.2 Å². The first-order valence-electron chi connectivity index (χ1n) is 5.93. The van der Waals surface area contributed by atoms with Crippen LogP contribution in [0.15, 0.2) is 12.1 Å². The first-order chi connectivity index (χ1) is 9.90. The number of rotatable bonds is 1. The average molecular weight is 329 g/mol. The Hall–Kier alpha value is -1.79. The molecule has 0 amide bonds. The normalized spacial score (nSPS) is 11.3. The van der Waals surface area contributed by atoms with Crippen molar-refractivity contribution < 1.29 is 8.78 Å². The van der Waals surface area contributed by atoms with Gasteiger partial charge in [-0.25, -0.2) is 8.78 Å². The number of aromatic nitrogens is 4. The van der Waals surface area contributed by atoms with Gasteiger partial charge in [0.2, 0.25) is 0 Å². The number of hydrogen-bond acceptors (Lipinski definition) is 3. The quantitative estimate of drug-likeness (QED) is 0.634. The van der Waals surface area contributed by atoms with E-state index in [0.29, 0.717) is 5.65 Å². The number of halogens is 4. The van der Waals surface area contributed by atoms with Crippen LogP contribution in [0.3, 0.4) is 0 Å². The fourth-order valence-corrected chi connectivity index (χ4v) is 2.32. The lowest BCUT2D eigenvalue weighted by molar-refractivity contribution is 0.602. The molecule has 0 radical (unpaired) electrons. The number of nitrogens with zero attached hydrogens (tertiary/aromatic N) is 4. The van der Waals surface area contributed by atoms with E-state index < -0.39 is 11.6 Å². The van der Waals surface area contributed by atoms with Crippen LogP contribution in [0.5, 0.6) is 0 Å². The Bertz CT molecular complexity index is 876. The second kappa shape index (κ2) is 4.89. The Morgan fingerprint density at radius 3 is 2.43 bits per heavy atom. The van der Waals surface area contributed by atoms with Crippen LogP contribution in [0.25, 0.3) is 17.0 Å². The first-order valence-corrected chi connectivity index (χ1v) is 6.68. The summed E-state index contributed by atoms with van der Waals surface area (Å²) in [6.45, 7) is 3.59. The molecular weight excluding hydrogens is 321 g/mol. The van der Waals surface area contributed by atoms with Gasteiger partial charge in [-0.05, 0) is 31.5 Å². The van der Waals surface area contributed by atoms with Crippen LogP contribution < -0.4 is 0 Å². The van der Waals surface area contributed by atoms with Crippen LogP contribution in [0, 0.1) is 25.5 Å². The highest BCUT2D eigenvalue weighted by Crippen LogP contribution is 2.28. The molecule has 0 bridgehead atoms. The molecule has 0 N–H and O–H groups in total. The average Bonchev–Trinajstić information content (AvgIpc) is 2.84. The molecule has 0 aliphatic heterocycles. The summed E-state index contributed by atoms with van der Waals surface area (Å²) in [6.07, 6.45) is 0. The summed E-state index contributed by atoms with van der Waals surface area (Å²) in [5.74, 6) is -1.41. The molecule has 108 valence electrons. The van der Waals surface area contributed by atoms with Crippen molar-refractivity contribution in [3.05, 3.63) is 45.1 Å². The van der Waals surface area contributed by atoms with Crippen molar-refractivity contribution in [2.24, 2.45) is 0 Å². The summed E-state index contributed by atoms with van der Waals surface area (Å²) in [4.78, 5) is 0. The number of hydrogen-bond donors (Lipinski definition) is 0. The predicted molar refractivity (Wildman–Crippen MR) is 75.6 cm³/mol. The van der Waals surface area contributed by atoms with Crippen LogP contribution in [0.2, 0.25) is 10.2 Å². The van der Waals surface area contributed by atoms with Gasteiger partial charge in [0.1, 0.15) is 11.6 Å². The number of fused-ring (bicyclic) bond motifs is 1. The molecule has 0 aliphatic carbocycles. The molecule has 3 aromatic rings. The highest BCUT2D eigenvalue weighted by Gasteiger charge is 2.19. The molecule has 0 aliphatic rings. The van der Waals surface area contributed by atoms with Crippen LogP contribution >= 0.6 is 23.2 Å². The summed E-state index contributed by atoms with van der Waals surface area (Å²) in [7, 11) is 0. The van der Waals surface area contributed by atoms with Crippen molar-refractivity contribution in [2.45, 2.75) is 13.8 Å². The summed E-state index contributed by atoms with van der Waals surface area (Å²) >= 11 is 11.6. The van der Waals surface area contributed by atoms with Gasteiger partial charge in [0.15, 0.2) is 16.6 Å². The molecule has 2 heterocycles. The molecule has 21 heavy (non-hydrogen) atoms. The molecule has 3 rings (SSSR count). The Balaban J connectivity index is 2.34. The summed E-state index contributed by atoms with van der Waals surface area (Å²) in [5, 5.41) is 11.9. The smallest absolute Gasteiger partial charge is 0.188 e. The Morgan fingerprint density at radius 1 is 1.00 bits per heavy atom. The fraction of sp³-hybridized carbons (Fsp3) is 0.154. The van der Waals surface area contributed by atoms with E-state index in [1.54, 1.807) is 13.8 Å². The lowest BCUT2D eigenvalue weighted by Crippen LogP contribution is -2.01. The van der Waals surface area contributed by atoms with Crippen molar-refractivity contribution in [1.29, 1.82) is 0 Å². The fourth-order valence-electron chi connectivity index (χ4n) is 1.96. The Labute approximate surface area is 128 Å². The molecule has 0 atom stereocenters. The molecule has 2 aromatic heterocycles. The predicted octanol–water partition coefficient (Wildman–Crippen LogP) is 3.99. The maximum atomic E-state index is 14.0. The van der Waals surface area contributed by atoms with Crippen LogP contribution in [-0.4, -0.2) is 19.8 Å². The van der Waals surface area contributed by atoms with Gasteiger partial charge >= 0.3 is 0 Å². The van der Waals surface area contributed by atoms with E-state index in [1.807, 2.05) is 0 Å². The molecule has 0 spiro atoms. The van der Waals surface area contributed by atoms with E-state index in [9.17, 15) is 8.78 Å². The lowest BCUT2D eigenvalue weighted by Gasteiger charge is -2.06. The van der Waals surface area contributed by atoms with E-state index in [-0.39, 0.29) is 21.6 Å². The Morgan fingerprint density at radius 2 is 1.71 bits per heavy atom. The third-order valence-corrected chi connectivity index (χ3v) is 3.94. The van der Waals surface area contributed by atoms with Crippen LogP contribution in [0.1, 0.15) is 11.1 Å². The molecule has 8 heteroatoms. The highest BCUT2D eigenvalue weighted by atomic mass is 35.5. The number of benzene rings is 1. The highest BCUT2D eigenvalue weighted by molar-refractivity contribution is 6.31. The van der Waals surface area contributed by atoms with E-state index in [2.05, 4.69) is 15.3 Å². The zero-order valence-corrected chi connectivity index (χ0v) is 12.5. The minimum atomic E-state index is -0.750. The van der Waals surface area contributed by atoms with E-state index in [0.717, 1.165) is 23.3 Å². The molecule has 0 saturated heterocycles. The number of aryl methyl sites for hydroxylation is 1. The molecule has 0 saturated carbocycles. The van der Waals surface area contributed by atoms with E-state index in [4.69, 9.17) is 23.2 Å². The second-order valence-electron chi connectivity index (χ2n) is 4.55. The van der Waals surface area contributed by atoms with Gasteiger partial charge in [0, 0.05) is 5.56 Å². The first kappa shape index (κ1) is 14.2. The lowest BCUT2D eigenvalue weighted by atomic mass is 10.2. The zero-order valence-electron chi connectivity index (χ0n) is 11.0. The van der Waals surface area contributed by atoms with E-state index in [1.165, 1.54) is 4.52 Å². The van der Waals surface area contributed by atoms with Crippen molar-refractivity contribution in [3.8, 4) is 11.4 Å². The summed E-state index contributed by atoms with van der Waals surface area (Å²) < 4.78 is 28.9. The van der Waals surface area contributed by atoms with Gasteiger partial charge in [-0.1, -0.05) is 23.2 Å². The summed E-state index contributed by atoms with van der Waals surface area (Å²) in [6, 6.07) is 1.84. The maximum absolute atomic E-state index is 14.0. The second-order valence-corrected chi connectivity index (χ2v) is 5.31. The van der Waals surface area contributed by atoms with Crippen molar-refractivity contribution >= 4 is 28.8 Å². The van der Waals surface area contributed by atoms with Gasteiger partial charge in [0.25, 0.3) is 0 Å². The maximum Gasteiger partial charge on any atom is 0.188 e. The molecule has 0 fully saturated rings. The third-order valence-electron chi connectivity index (χ3n) is 3.29. The van der Waals surface area contributed by atoms with E-state index >= 15 is 0 Å². The molecule has 4 nitrogen and oxygen atoms in total. The molecular formula is C13H8Cl2F2N4. The standard InChI is InChI=1S/C13H8Cl2F2N4/c1-5-6(2)12-18-19-13(21(12)20-11(5)15)7-3-10(17)8(14)4-9(7)16/h3-4H,1-2H3. The topological polar surface area (TPSA) is 43.1 Å². The zero-order chi connectivity index (χ0) is 15.3. The molecule has 0 unspecified atom stereocenters. The largest absolute Gasteiger partial charge is 0.206 e. The SMILES string of the molecule is Cc1c(Cl)nn2c(-c3cc(F)c(Cl)cc3F)nnc2c1C. The Kier molecular flexibility index (Phi) is 3.30. The van der Waals surface area contributed by atoms with Gasteiger partial charge < -0.3 is 0 Å². The third kappa shape index (κ3) is 2.15. The molecule has 1 aromatic carbocycles. The monoisotopic (exact) mass is 328 g/mol. The van der Waals surface area contributed by atoms with Gasteiger partial charge in [-0.2, -0.15) is 9.61 Å². The minimum Gasteiger partial charge on any atom is -0.206 e. The summed E-state index contributed by atoms with van der Waals surface area (Å²) in [5.41, 5.74) is 1.87. The van der Waals surface area contributed by atoms with Crippen LogP contribution in [-0.2, 0) is 0 Å². The van der Waals surface area contributed by atoms with Crippen molar-refractivity contribution in [1.82, 2.24) is 19.8 Å². The van der Waals surface area contributed by atoms with Gasteiger partial charge in [0.05, 0.1) is 10.6 Å². The minimum absolute atomic E-state index is 0.0584. The van der Waals surface area contributed by atoms with Gasteiger partial charge in [-0.3, -0.25) is 0 Å². The van der Waals surface area contributed by atoms with Crippen molar-refractivity contribution in [3.63, 3.8) is 0 Å². The van der Waals surface area contributed by atoms with Crippen LogP contribution in [0.4, 0.5) is 8.78 Å². The van der Waals surface area contributed by atoms with Crippen molar-refractivity contribution in [2.75, 3.05) is 0 Å².